The van der Waals surface area contributed by atoms with E-state index in [1.807, 2.05) is 0 Å². The van der Waals surface area contributed by atoms with Gasteiger partial charge in [0, 0.05) is 24.1 Å². The highest BCUT2D eigenvalue weighted by Crippen LogP contribution is 2.24. The summed E-state index contributed by atoms with van der Waals surface area (Å²) in [6.45, 7) is 3.52. The van der Waals surface area contributed by atoms with Crippen LogP contribution in [-0.2, 0) is 14.8 Å². The number of piperidine rings is 1. The molecule has 1 aromatic rings. The molecular weight excluding hydrogens is 392 g/mol. The third-order valence-electron chi connectivity index (χ3n) is 4.29. The summed E-state index contributed by atoms with van der Waals surface area (Å²) in [6, 6.07) is 6.62. The molecular formula is C17H25BrN2O3S. The topological polar surface area (TPSA) is 66.5 Å². The summed E-state index contributed by atoms with van der Waals surface area (Å²) >= 11 is 3.31. The van der Waals surface area contributed by atoms with Crippen LogP contribution in [0.5, 0.6) is 0 Å². The standard InChI is InChI=1S/C17H25BrN2O3S/c1-2-3-4-11-19-17(21)14-6-5-12-20(13-14)24(22,23)16-9-7-15(18)8-10-16/h7-10,14H,2-6,11-13H2,1H3,(H,19,21)/t14-/m1/s1. The van der Waals surface area contributed by atoms with Gasteiger partial charge in [-0.3, -0.25) is 4.79 Å². The third-order valence-corrected chi connectivity index (χ3v) is 6.69. The van der Waals surface area contributed by atoms with Crippen molar-refractivity contribution in [1.29, 1.82) is 0 Å². The van der Waals surface area contributed by atoms with Crippen LogP contribution >= 0.6 is 15.9 Å². The number of hydrogen-bond acceptors (Lipinski definition) is 3. The number of benzene rings is 1. The van der Waals surface area contributed by atoms with E-state index in [1.54, 1.807) is 24.3 Å². The van der Waals surface area contributed by atoms with Crippen LogP contribution in [0.2, 0.25) is 0 Å². The molecule has 7 heteroatoms. The predicted molar refractivity (Wildman–Crippen MR) is 98.2 cm³/mol. The minimum atomic E-state index is -3.54. The Morgan fingerprint density at radius 2 is 2.00 bits per heavy atom. The molecule has 1 aliphatic heterocycles. The number of nitrogens with zero attached hydrogens (tertiary/aromatic N) is 1. The van der Waals surface area contributed by atoms with Crippen molar-refractivity contribution in [3.8, 4) is 0 Å². The zero-order valence-electron chi connectivity index (χ0n) is 14.0. The van der Waals surface area contributed by atoms with Gasteiger partial charge >= 0.3 is 0 Å². The van der Waals surface area contributed by atoms with Gasteiger partial charge in [-0.25, -0.2) is 8.42 Å². The Bertz CT molecular complexity index is 646. The molecule has 0 aliphatic carbocycles. The molecule has 1 aromatic carbocycles. The van der Waals surface area contributed by atoms with E-state index < -0.39 is 10.0 Å². The van der Waals surface area contributed by atoms with Gasteiger partial charge in [-0.15, -0.1) is 0 Å². The van der Waals surface area contributed by atoms with Crippen molar-refractivity contribution in [2.24, 2.45) is 5.92 Å². The molecule has 1 saturated heterocycles. The molecule has 24 heavy (non-hydrogen) atoms. The number of amides is 1. The average molecular weight is 417 g/mol. The average Bonchev–Trinajstić information content (AvgIpc) is 2.59. The van der Waals surface area contributed by atoms with Gasteiger partial charge in [0.2, 0.25) is 15.9 Å². The second kappa shape index (κ2) is 8.97. The van der Waals surface area contributed by atoms with E-state index in [4.69, 9.17) is 0 Å². The van der Waals surface area contributed by atoms with Gasteiger partial charge in [0.05, 0.1) is 10.8 Å². The van der Waals surface area contributed by atoms with E-state index >= 15 is 0 Å². The van der Waals surface area contributed by atoms with Crippen LogP contribution in [0.15, 0.2) is 33.6 Å². The SMILES string of the molecule is CCCCCNC(=O)[C@@H]1CCCN(S(=O)(=O)c2ccc(Br)cc2)C1. The Balaban J connectivity index is 1.99. The van der Waals surface area contributed by atoms with E-state index in [2.05, 4.69) is 28.2 Å². The highest BCUT2D eigenvalue weighted by molar-refractivity contribution is 9.10. The first-order valence-electron chi connectivity index (χ1n) is 8.48. The molecule has 0 unspecified atom stereocenters. The first kappa shape index (κ1) is 19.4. The van der Waals surface area contributed by atoms with Crippen LogP contribution in [0.4, 0.5) is 0 Å². The van der Waals surface area contributed by atoms with Crippen LogP contribution in [0, 0.1) is 5.92 Å². The predicted octanol–water partition coefficient (Wildman–Crippen LogP) is 3.16. The first-order valence-corrected chi connectivity index (χ1v) is 10.7. The van der Waals surface area contributed by atoms with E-state index in [9.17, 15) is 13.2 Å². The summed E-state index contributed by atoms with van der Waals surface area (Å²) in [7, 11) is -3.54. The van der Waals surface area contributed by atoms with Crippen molar-refractivity contribution in [1.82, 2.24) is 9.62 Å². The lowest BCUT2D eigenvalue weighted by molar-refractivity contribution is -0.126. The molecule has 134 valence electrons. The molecule has 0 aromatic heterocycles. The molecule has 1 N–H and O–H groups in total. The number of hydrogen-bond donors (Lipinski definition) is 1. The largest absolute Gasteiger partial charge is 0.356 e. The summed E-state index contributed by atoms with van der Waals surface area (Å²) in [4.78, 5) is 12.5. The Morgan fingerprint density at radius 1 is 1.29 bits per heavy atom. The van der Waals surface area contributed by atoms with Crippen molar-refractivity contribution in [2.75, 3.05) is 19.6 Å². The smallest absolute Gasteiger partial charge is 0.243 e. The van der Waals surface area contributed by atoms with Crippen LogP contribution < -0.4 is 5.32 Å². The summed E-state index contributed by atoms with van der Waals surface area (Å²) in [5.74, 6) is -0.285. The highest BCUT2D eigenvalue weighted by atomic mass is 79.9. The van der Waals surface area contributed by atoms with Gasteiger partial charge in [0.15, 0.2) is 0 Å². The van der Waals surface area contributed by atoms with E-state index in [-0.39, 0.29) is 23.3 Å². The fraction of sp³-hybridized carbons (Fsp3) is 0.588. The van der Waals surface area contributed by atoms with Crippen molar-refractivity contribution in [2.45, 2.75) is 43.9 Å². The summed E-state index contributed by atoms with van der Waals surface area (Å²) < 4.78 is 27.8. The van der Waals surface area contributed by atoms with Crippen molar-refractivity contribution < 1.29 is 13.2 Å². The summed E-state index contributed by atoms with van der Waals surface area (Å²) in [5, 5.41) is 2.94. The number of rotatable bonds is 7. The van der Waals surface area contributed by atoms with Crippen LogP contribution in [0.1, 0.15) is 39.0 Å². The Hall–Kier alpha value is -0.920. The molecule has 1 atom stereocenters. The van der Waals surface area contributed by atoms with Crippen LogP contribution in [0.3, 0.4) is 0 Å². The van der Waals surface area contributed by atoms with Gasteiger partial charge in [-0.1, -0.05) is 35.7 Å². The summed E-state index contributed by atoms with van der Waals surface area (Å²) in [5.41, 5.74) is 0. The maximum Gasteiger partial charge on any atom is 0.243 e. The number of carbonyl (C=O) groups is 1. The Morgan fingerprint density at radius 3 is 2.67 bits per heavy atom. The fourth-order valence-electron chi connectivity index (χ4n) is 2.86. The normalized spacial score (nSPS) is 19.2. The molecule has 1 fully saturated rings. The van der Waals surface area contributed by atoms with Crippen molar-refractivity contribution in [3.05, 3.63) is 28.7 Å². The monoisotopic (exact) mass is 416 g/mol. The lowest BCUT2D eigenvalue weighted by atomic mass is 9.99. The summed E-state index contributed by atoms with van der Waals surface area (Å²) in [6.07, 6.45) is 4.62. The van der Waals surface area contributed by atoms with Gasteiger partial charge in [-0.2, -0.15) is 4.31 Å². The maximum atomic E-state index is 12.7. The second-order valence-electron chi connectivity index (χ2n) is 6.15. The molecule has 0 radical (unpaired) electrons. The lowest BCUT2D eigenvalue weighted by Gasteiger charge is -2.31. The Kier molecular flexibility index (Phi) is 7.25. The zero-order chi connectivity index (χ0) is 17.6. The minimum absolute atomic E-state index is 0.0261. The quantitative estimate of drug-likeness (QED) is 0.694. The number of sulfonamides is 1. The maximum absolute atomic E-state index is 12.7. The number of unbranched alkanes of at least 4 members (excludes halogenated alkanes) is 2. The number of halogens is 1. The van der Waals surface area contributed by atoms with E-state index in [0.717, 1.165) is 30.2 Å². The van der Waals surface area contributed by atoms with E-state index in [1.165, 1.54) is 4.31 Å². The third kappa shape index (κ3) is 5.04. The fourth-order valence-corrected chi connectivity index (χ4v) is 4.65. The zero-order valence-corrected chi connectivity index (χ0v) is 16.4. The Labute approximate surface area is 153 Å². The second-order valence-corrected chi connectivity index (χ2v) is 9.01. The molecule has 1 amide bonds. The van der Waals surface area contributed by atoms with Gasteiger partial charge in [0.1, 0.15) is 0 Å². The van der Waals surface area contributed by atoms with Crippen LogP contribution in [-0.4, -0.2) is 38.3 Å². The molecule has 0 saturated carbocycles. The number of nitrogens with one attached hydrogen (secondary N) is 1. The molecule has 1 heterocycles. The number of carbonyl (C=O) groups excluding carboxylic acids is 1. The molecule has 2 rings (SSSR count). The highest BCUT2D eigenvalue weighted by Gasteiger charge is 2.33. The van der Waals surface area contributed by atoms with Gasteiger partial charge in [-0.05, 0) is 43.5 Å². The van der Waals surface area contributed by atoms with Gasteiger partial charge in [0.25, 0.3) is 0 Å². The van der Waals surface area contributed by atoms with Gasteiger partial charge < -0.3 is 5.32 Å². The molecule has 1 aliphatic rings. The minimum Gasteiger partial charge on any atom is -0.356 e. The van der Waals surface area contributed by atoms with E-state index in [0.29, 0.717) is 19.5 Å². The molecule has 0 bridgehead atoms. The molecule has 5 nitrogen and oxygen atoms in total. The molecule has 0 spiro atoms. The van der Waals surface area contributed by atoms with Crippen molar-refractivity contribution >= 4 is 31.9 Å². The van der Waals surface area contributed by atoms with Crippen LogP contribution in [0.25, 0.3) is 0 Å². The first-order chi connectivity index (χ1) is 11.4. The van der Waals surface area contributed by atoms with Crippen molar-refractivity contribution in [3.63, 3.8) is 0 Å². The lowest BCUT2D eigenvalue weighted by Crippen LogP contribution is -2.45.